The summed E-state index contributed by atoms with van der Waals surface area (Å²) in [4.78, 5) is 14.6. The fourth-order valence-electron chi connectivity index (χ4n) is 5.07. The van der Waals surface area contributed by atoms with Gasteiger partial charge >= 0.3 is 0 Å². The Bertz CT molecular complexity index is 1840. The Balaban J connectivity index is 1.37. The molecule has 0 spiro atoms. The molecule has 0 saturated carbocycles. The number of rotatable bonds is 9. The topological polar surface area (TPSA) is 97.5 Å². The Morgan fingerprint density at radius 1 is 0.902 bits per heavy atom. The quantitative estimate of drug-likeness (QED) is 0.159. The van der Waals surface area contributed by atoms with Gasteiger partial charge in [0.05, 0.1) is 17.4 Å². The van der Waals surface area contributed by atoms with Crippen molar-refractivity contribution in [1.29, 1.82) is 0 Å². The van der Waals surface area contributed by atoms with Crippen LogP contribution in [0.1, 0.15) is 13.8 Å². The van der Waals surface area contributed by atoms with Gasteiger partial charge in [-0.2, -0.15) is 5.10 Å². The highest BCUT2D eigenvalue weighted by Gasteiger charge is 2.16. The normalized spacial score (nSPS) is 11.7. The Morgan fingerprint density at radius 3 is 2.59 bits per heavy atom. The van der Waals surface area contributed by atoms with Gasteiger partial charge in [-0.25, -0.2) is 9.37 Å². The van der Waals surface area contributed by atoms with Crippen molar-refractivity contribution in [3.8, 4) is 33.6 Å². The van der Waals surface area contributed by atoms with Crippen LogP contribution in [-0.4, -0.2) is 63.3 Å². The van der Waals surface area contributed by atoms with Crippen molar-refractivity contribution in [3.05, 3.63) is 79.0 Å². The summed E-state index contributed by atoms with van der Waals surface area (Å²) >= 11 is 0. The monoisotopic (exact) mass is 548 g/mol. The molecule has 0 amide bonds. The van der Waals surface area contributed by atoms with Crippen LogP contribution in [0.25, 0.3) is 55.6 Å². The van der Waals surface area contributed by atoms with Gasteiger partial charge in [0.15, 0.2) is 5.65 Å². The first kappa shape index (κ1) is 26.5. The number of likely N-dealkylation sites (N-methyl/N-ethyl adjacent to an activating group) is 1. The molecule has 6 aromatic rings. The summed E-state index contributed by atoms with van der Waals surface area (Å²) in [6.45, 7) is 5.80. The average Bonchev–Trinajstić information content (AvgIpc) is 3.56. The van der Waals surface area contributed by atoms with E-state index < -0.39 is 0 Å². The molecule has 2 aromatic carbocycles. The number of nitrogens with zero attached hydrogens (tertiary/aromatic N) is 4. The molecule has 4 aromatic heterocycles. The lowest BCUT2D eigenvalue weighted by Gasteiger charge is -2.13. The maximum Gasteiger partial charge on any atom is 0.155 e. The maximum atomic E-state index is 14.7. The minimum atomic E-state index is -0.299. The predicted molar refractivity (Wildman–Crippen MR) is 166 cm³/mol. The maximum absolute atomic E-state index is 14.7. The van der Waals surface area contributed by atoms with E-state index in [-0.39, 0.29) is 5.82 Å². The molecular formula is C32H33FN8. The molecule has 0 aliphatic rings. The van der Waals surface area contributed by atoms with Gasteiger partial charge < -0.3 is 20.5 Å². The molecular weight excluding hydrogens is 515 g/mol. The molecule has 4 N–H and O–H groups in total. The summed E-state index contributed by atoms with van der Waals surface area (Å²) in [6.07, 6.45) is 5.42. The molecule has 9 heteroatoms. The number of hydrogen-bond donors (Lipinski definition) is 4. The van der Waals surface area contributed by atoms with E-state index in [1.54, 1.807) is 18.5 Å². The lowest BCUT2D eigenvalue weighted by atomic mass is 10.0. The average molecular weight is 549 g/mol. The Hall–Kier alpha value is -4.76. The molecule has 0 fully saturated rings. The molecule has 8 nitrogen and oxygen atoms in total. The molecule has 0 aliphatic carbocycles. The summed E-state index contributed by atoms with van der Waals surface area (Å²) in [5.41, 5.74) is 8.61. The number of pyridine rings is 2. The largest absolute Gasteiger partial charge is 0.384 e. The zero-order chi connectivity index (χ0) is 28.5. The van der Waals surface area contributed by atoms with E-state index in [4.69, 9.17) is 0 Å². The van der Waals surface area contributed by atoms with E-state index in [2.05, 4.69) is 78.8 Å². The van der Waals surface area contributed by atoms with E-state index in [0.717, 1.165) is 67.9 Å². The molecule has 0 radical (unpaired) electrons. The lowest BCUT2D eigenvalue weighted by Crippen LogP contribution is -2.20. The number of H-pyrrole nitrogens is 2. The van der Waals surface area contributed by atoms with Crippen molar-refractivity contribution in [2.24, 2.45) is 0 Å². The number of fused-ring (bicyclic) bond motifs is 2. The highest BCUT2D eigenvalue weighted by Crippen LogP contribution is 2.35. The number of aromatic nitrogens is 5. The van der Waals surface area contributed by atoms with Crippen molar-refractivity contribution in [2.45, 2.75) is 19.9 Å². The van der Waals surface area contributed by atoms with Crippen LogP contribution in [0.15, 0.2) is 73.2 Å². The van der Waals surface area contributed by atoms with Crippen LogP contribution < -0.4 is 10.6 Å². The first-order valence-electron chi connectivity index (χ1n) is 13.7. The van der Waals surface area contributed by atoms with Crippen LogP contribution in [-0.2, 0) is 0 Å². The summed E-state index contributed by atoms with van der Waals surface area (Å²) in [6, 6.07) is 17.8. The van der Waals surface area contributed by atoms with E-state index in [1.807, 2.05) is 38.5 Å². The Kier molecular flexibility index (Phi) is 7.11. The van der Waals surface area contributed by atoms with Crippen molar-refractivity contribution in [1.82, 2.24) is 30.0 Å². The minimum absolute atomic E-state index is 0.299. The third-order valence-corrected chi connectivity index (χ3v) is 6.97. The molecule has 0 bridgehead atoms. The third-order valence-electron chi connectivity index (χ3n) is 6.97. The summed E-state index contributed by atoms with van der Waals surface area (Å²) in [5, 5.41) is 16.3. The van der Waals surface area contributed by atoms with Crippen LogP contribution in [0, 0.1) is 5.82 Å². The molecule has 0 aliphatic heterocycles. The van der Waals surface area contributed by atoms with Gasteiger partial charge in [-0.1, -0.05) is 12.1 Å². The van der Waals surface area contributed by atoms with Crippen LogP contribution in [0.5, 0.6) is 0 Å². The number of nitrogens with one attached hydrogen (secondary N) is 4. The number of aromatic amines is 2. The third kappa shape index (κ3) is 5.62. The fraction of sp³-hybridized carbons (Fsp3) is 0.219. The highest BCUT2D eigenvalue weighted by molar-refractivity contribution is 6.01. The first-order chi connectivity index (χ1) is 19.8. The predicted octanol–water partition coefficient (Wildman–Crippen LogP) is 6.77. The smallest absolute Gasteiger partial charge is 0.155 e. The zero-order valence-corrected chi connectivity index (χ0v) is 23.6. The summed E-state index contributed by atoms with van der Waals surface area (Å²) in [7, 11) is 4.02. The molecule has 0 saturated heterocycles. The number of benzene rings is 2. The minimum Gasteiger partial charge on any atom is -0.384 e. The zero-order valence-electron chi connectivity index (χ0n) is 23.6. The molecule has 0 atom stereocenters. The van der Waals surface area contributed by atoms with Crippen molar-refractivity contribution in [2.75, 3.05) is 37.8 Å². The summed E-state index contributed by atoms with van der Waals surface area (Å²) < 4.78 is 14.7. The Morgan fingerprint density at radius 2 is 1.76 bits per heavy atom. The van der Waals surface area contributed by atoms with Crippen molar-refractivity contribution >= 4 is 33.3 Å². The Labute approximate surface area is 238 Å². The van der Waals surface area contributed by atoms with Crippen molar-refractivity contribution in [3.63, 3.8) is 0 Å². The van der Waals surface area contributed by atoms with Gasteiger partial charge in [-0.05, 0) is 81.5 Å². The van der Waals surface area contributed by atoms with Crippen LogP contribution in [0.4, 0.5) is 15.8 Å². The summed E-state index contributed by atoms with van der Waals surface area (Å²) in [5.74, 6) is -0.299. The molecule has 41 heavy (non-hydrogen) atoms. The molecule has 0 unspecified atom stereocenters. The molecule has 208 valence electrons. The van der Waals surface area contributed by atoms with Crippen molar-refractivity contribution < 1.29 is 4.39 Å². The number of anilines is 2. The van der Waals surface area contributed by atoms with Crippen LogP contribution >= 0.6 is 0 Å². The first-order valence-corrected chi connectivity index (χ1v) is 13.7. The second-order valence-corrected chi connectivity index (χ2v) is 10.9. The number of halogens is 1. The van der Waals surface area contributed by atoms with E-state index in [1.165, 1.54) is 6.07 Å². The standard InChI is InChI=1S/C32H33FN8/c1-19(2)37-24-7-5-6-20(11-24)22-13-27-31(39-40-32(27)36-16-22)29-15-26-28(17-34-18-30(26)38-29)21-10-23(33)14-25(12-21)35-8-9-41(3)4/h5-7,10-19,35,37-38H,8-9H2,1-4H3,(H,36,39,40). The fourth-order valence-corrected chi connectivity index (χ4v) is 5.07. The highest BCUT2D eigenvalue weighted by atomic mass is 19.1. The van der Waals surface area contributed by atoms with Crippen LogP contribution in [0.3, 0.4) is 0 Å². The van der Waals surface area contributed by atoms with Gasteiger partial charge in [-0.15, -0.1) is 0 Å². The number of hydrogen-bond acceptors (Lipinski definition) is 6. The second-order valence-electron chi connectivity index (χ2n) is 10.9. The lowest BCUT2D eigenvalue weighted by molar-refractivity contribution is 0.425. The van der Waals surface area contributed by atoms with Gasteiger partial charge in [0, 0.05) is 64.8 Å². The van der Waals surface area contributed by atoms with Gasteiger partial charge in [0.2, 0.25) is 0 Å². The van der Waals surface area contributed by atoms with Gasteiger partial charge in [0.1, 0.15) is 11.5 Å². The molecule has 4 heterocycles. The van der Waals surface area contributed by atoms with Crippen LogP contribution in [0.2, 0.25) is 0 Å². The SMILES string of the molecule is CC(C)Nc1cccc(-c2cnc3[nH]nc(-c4cc5c(-c6cc(F)cc(NCCN(C)C)c6)cncc5[nH]4)c3c2)c1. The van der Waals surface area contributed by atoms with Gasteiger partial charge in [0.25, 0.3) is 0 Å². The second kappa shape index (κ2) is 11.0. The van der Waals surface area contributed by atoms with Gasteiger partial charge in [-0.3, -0.25) is 10.1 Å². The van der Waals surface area contributed by atoms with E-state index in [9.17, 15) is 4.39 Å². The molecule has 6 rings (SSSR count). The van der Waals surface area contributed by atoms with E-state index in [0.29, 0.717) is 18.2 Å². The van der Waals surface area contributed by atoms with E-state index >= 15 is 0 Å².